The highest BCUT2D eigenvalue weighted by atomic mass is 19.4. The topological polar surface area (TPSA) is 41.8 Å². The highest BCUT2D eigenvalue weighted by Gasteiger charge is 2.35. The first-order valence-corrected chi connectivity index (χ1v) is 3.43. The maximum atomic E-state index is 12.2. The van der Waals surface area contributed by atoms with Gasteiger partial charge < -0.3 is 10.7 Å². The van der Waals surface area contributed by atoms with Gasteiger partial charge in [0.05, 0.1) is 0 Å². The molecule has 0 aromatic carbocycles. The fourth-order valence-corrected chi connectivity index (χ4v) is 1.01. The van der Waals surface area contributed by atoms with Crippen LogP contribution in [0.25, 0.3) is 0 Å². The minimum Gasteiger partial charge on any atom is -0.357 e. The van der Waals surface area contributed by atoms with Crippen molar-refractivity contribution in [3.8, 4) is 0 Å². The average molecular weight is 178 g/mol. The fraction of sp³-hybridized carbons (Fsp3) is 0.429. The van der Waals surface area contributed by atoms with Crippen LogP contribution in [0.3, 0.4) is 0 Å². The SMILES string of the molecule is C[C@@H](N)c1cc[nH]c1C(F)(F)F. The van der Waals surface area contributed by atoms with Gasteiger partial charge in [0.25, 0.3) is 0 Å². The summed E-state index contributed by atoms with van der Waals surface area (Å²) in [7, 11) is 0. The van der Waals surface area contributed by atoms with Crippen LogP contribution in [0.15, 0.2) is 12.3 Å². The number of nitrogens with two attached hydrogens (primary N) is 1. The largest absolute Gasteiger partial charge is 0.431 e. The number of halogens is 3. The normalized spacial score (nSPS) is 14.8. The molecule has 0 bridgehead atoms. The van der Waals surface area contributed by atoms with Crippen LogP contribution < -0.4 is 5.73 Å². The first-order chi connectivity index (χ1) is 5.43. The van der Waals surface area contributed by atoms with Crippen molar-refractivity contribution in [2.75, 3.05) is 0 Å². The standard InChI is InChI=1S/C7H9F3N2/c1-4(11)5-2-3-12-6(5)7(8,9)10/h2-4,12H,11H2,1H3/t4-/m1/s1. The Labute approximate surface area is 67.6 Å². The Morgan fingerprint density at radius 3 is 2.42 bits per heavy atom. The zero-order valence-electron chi connectivity index (χ0n) is 6.44. The van der Waals surface area contributed by atoms with E-state index in [1.807, 2.05) is 0 Å². The lowest BCUT2D eigenvalue weighted by molar-refractivity contribution is -0.141. The van der Waals surface area contributed by atoms with Gasteiger partial charge in [-0.3, -0.25) is 0 Å². The Morgan fingerprint density at radius 1 is 1.50 bits per heavy atom. The molecule has 0 radical (unpaired) electrons. The van der Waals surface area contributed by atoms with E-state index >= 15 is 0 Å². The van der Waals surface area contributed by atoms with Crippen LogP contribution in [-0.4, -0.2) is 4.98 Å². The molecule has 0 unspecified atom stereocenters. The number of H-pyrrole nitrogens is 1. The van der Waals surface area contributed by atoms with Crippen LogP contribution in [0.4, 0.5) is 13.2 Å². The molecule has 2 nitrogen and oxygen atoms in total. The molecule has 1 heterocycles. The molecular weight excluding hydrogens is 169 g/mol. The molecule has 1 rings (SSSR count). The van der Waals surface area contributed by atoms with Gasteiger partial charge in [0.15, 0.2) is 0 Å². The molecule has 0 aliphatic carbocycles. The molecule has 0 fully saturated rings. The second-order valence-corrected chi connectivity index (χ2v) is 2.59. The first-order valence-electron chi connectivity index (χ1n) is 3.43. The summed E-state index contributed by atoms with van der Waals surface area (Å²) in [5.41, 5.74) is 4.68. The quantitative estimate of drug-likeness (QED) is 0.679. The van der Waals surface area contributed by atoms with Crippen molar-refractivity contribution in [2.24, 2.45) is 5.73 Å². The van der Waals surface area contributed by atoms with Gasteiger partial charge >= 0.3 is 6.18 Å². The summed E-state index contributed by atoms with van der Waals surface area (Å²) in [5.74, 6) is 0. The molecule has 68 valence electrons. The third kappa shape index (κ3) is 1.61. The summed E-state index contributed by atoms with van der Waals surface area (Å²) < 4.78 is 36.5. The van der Waals surface area contributed by atoms with Crippen LogP contribution in [0, 0.1) is 0 Å². The lowest BCUT2D eigenvalue weighted by Gasteiger charge is -2.09. The van der Waals surface area contributed by atoms with Crippen molar-refractivity contribution in [1.29, 1.82) is 0 Å². The first kappa shape index (κ1) is 9.12. The Morgan fingerprint density at radius 2 is 2.08 bits per heavy atom. The summed E-state index contributed by atoms with van der Waals surface area (Å²) in [6.07, 6.45) is -3.10. The Kier molecular flexibility index (Phi) is 2.14. The van der Waals surface area contributed by atoms with Gasteiger partial charge in [-0.2, -0.15) is 13.2 Å². The summed E-state index contributed by atoms with van der Waals surface area (Å²) in [4.78, 5) is 2.12. The highest BCUT2D eigenvalue weighted by Crippen LogP contribution is 2.32. The van der Waals surface area contributed by atoms with E-state index in [9.17, 15) is 13.2 Å². The third-order valence-corrected chi connectivity index (χ3v) is 1.55. The average Bonchev–Trinajstić information content (AvgIpc) is 2.30. The molecule has 1 atom stereocenters. The van der Waals surface area contributed by atoms with Gasteiger partial charge in [-0.05, 0) is 18.6 Å². The van der Waals surface area contributed by atoms with E-state index in [1.54, 1.807) is 0 Å². The summed E-state index contributed by atoms with van der Waals surface area (Å²) in [6.45, 7) is 1.51. The number of hydrogen-bond acceptors (Lipinski definition) is 1. The summed E-state index contributed by atoms with van der Waals surface area (Å²) in [5, 5.41) is 0. The van der Waals surface area contributed by atoms with E-state index in [0.717, 1.165) is 0 Å². The van der Waals surface area contributed by atoms with E-state index in [2.05, 4.69) is 4.98 Å². The van der Waals surface area contributed by atoms with Crippen molar-refractivity contribution in [3.05, 3.63) is 23.5 Å². The Balaban J connectivity index is 3.08. The monoisotopic (exact) mass is 178 g/mol. The molecule has 5 heteroatoms. The second kappa shape index (κ2) is 2.82. The predicted molar refractivity (Wildman–Crippen MR) is 38.4 cm³/mol. The molecule has 1 aromatic rings. The van der Waals surface area contributed by atoms with Gasteiger partial charge in [-0.25, -0.2) is 0 Å². The number of rotatable bonds is 1. The second-order valence-electron chi connectivity index (χ2n) is 2.59. The number of alkyl halides is 3. The number of aromatic nitrogens is 1. The minimum atomic E-state index is -4.34. The van der Waals surface area contributed by atoms with E-state index in [0.29, 0.717) is 0 Å². The highest BCUT2D eigenvalue weighted by molar-refractivity contribution is 5.25. The molecule has 0 aliphatic heterocycles. The van der Waals surface area contributed by atoms with Crippen LogP contribution in [0.1, 0.15) is 24.2 Å². The van der Waals surface area contributed by atoms with Crippen molar-refractivity contribution in [2.45, 2.75) is 19.1 Å². The van der Waals surface area contributed by atoms with Gasteiger partial charge in [-0.1, -0.05) is 0 Å². The number of aromatic amines is 1. The minimum absolute atomic E-state index is 0.0995. The molecule has 1 aromatic heterocycles. The molecule has 0 spiro atoms. The Hall–Kier alpha value is -0.970. The van der Waals surface area contributed by atoms with Crippen LogP contribution in [0.2, 0.25) is 0 Å². The van der Waals surface area contributed by atoms with Gasteiger partial charge in [-0.15, -0.1) is 0 Å². The predicted octanol–water partition coefficient (Wildman–Crippen LogP) is 2.05. The molecule has 0 amide bonds. The van der Waals surface area contributed by atoms with E-state index in [4.69, 9.17) is 5.73 Å². The van der Waals surface area contributed by atoms with Crippen molar-refractivity contribution < 1.29 is 13.2 Å². The van der Waals surface area contributed by atoms with Gasteiger partial charge in [0.1, 0.15) is 5.69 Å². The fourth-order valence-electron chi connectivity index (χ4n) is 1.01. The van der Waals surface area contributed by atoms with Gasteiger partial charge in [0.2, 0.25) is 0 Å². The maximum Gasteiger partial charge on any atom is 0.431 e. The van der Waals surface area contributed by atoms with Gasteiger partial charge in [0, 0.05) is 12.2 Å². The zero-order valence-corrected chi connectivity index (χ0v) is 6.44. The van der Waals surface area contributed by atoms with E-state index in [-0.39, 0.29) is 5.56 Å². The molecule has 0 saturated heterocycles. The van der Waals surface area contributed by atoms with E-state index in [1.165, 1.54) is 19.2 Å². The molecule has 12 heavy (non-hydrogen) atoms. The Bertz CT molecular complexity index is 262. The van der Waals surface area contributed by atoms with Crippen molar-refractivity contribution in [3.63, 3.8) is 0 Å². The zero-order chi connectivity index (χ0) is 9.35. The van der Waals surface area contributed by atoms with Crippen molar-refractivity contribution in [1.82, 2.24) is 4.98 Å². The lowest BCUT2D eigenvalue weighted by Crippen LogP contribution is -2.14. The maximum absolute atomic E-state index is 12.2. The summed E-state index contributed by atoms with van der Waals surface area (Å²) >= 11 is 0. The third-order valence-electron chi connectivity index (χ3n) is 1.55. The summed E-state index contributed by atoms with van der Waals surface area (Å²) in [6, 6.07) is 0.737. The number of hydrogen-bond donors (Lipinski definition) is 2. The lowest BCUT2D eigenvalue weighted by atomic mass is 10.1. The van der Waals surface area contributed by atoms with Crippen molar-refractivity contribution >= 4 is 0 Å². The number of nitrogens with one attached hydrogen (secondary N) is 1. The van der Waals surface area contributed by atoms with E-state index < -0.39 is 17.9 Å². The molecular formula is C7H9F3N2. The molecule has 0 saturated carbocycles. The van der Waals surface area contributed by atoms with Crippen LogP contribution >= 0.6 is 0 Å². The molecule has 0 aliphatic rings. The smallest absolute Gasteiger partial charge is 0.357 e. The van der Waals surface area contributed by atoms with Crippen LogP contribution in [0.5, 0.6) is 0 Å². The van der Waals surface area contributed by atoms with Crippen LogP contribution in [-0.2, 0) is 6.18 Å². The molecule has 3 N–H and O–H groups in total.